The second-order valence-electron chi connectivity index (χ2n) is 8.90. The summed E-state index contributed by atoms with van der Waals surface area (Å²) in [4.78, 5) is 15.7. The molecule has 1 aromatic carbocycles. The van der Waals surface area contributed by atoms with E-state index in [2.05, 4.69) is 44.4 Å². The molecule has 5 rings (SSSR count). The molecule has 1 unspecified atom stereocenters. The summed E-state index contributed by atoms with van der Waals surface area (Å²) < 4.78 is 41.5. The third kappa shape index (κ3) is 4.45. The van der Waals surface area contributed by atoms with Gasteiger partial charge in [0, 0.05) is 64.1 Å². The molecular formula is C23H23F3N6S. The Hall–Kier alpha value is -2.98. The summed E-state index contributed by atoms with van der Waals surface area (Å²) in [6, 6.07) is 5.61. The van der Waals surface area contributed by atoms with Crippen LogP contribution in [0.15, 0.2) is 42.2 Å². The predicted molar refractivity (Wildman–Crippen MR) is 124 cm³/mol. The lowest BCUT2D eigenvalue weighted by molar-refractivity contribution is -0.137. The van der Waals surface area contributed by atoms with Crippen molar-refractivity contribution in [2.75, 3.05) is 11.9 Å². The summed E-state index contributed by atoms with van der Waals surface area (Å²) in [6.45, 7) is 4.96. The summed E-state index contributed by atoms with van der Waals surface area (Å²) in [5, 5.41) is 10.0. The van der Waals surface area contributed by atoms with Gasteiger partial charge in [0.05, 0.1) is 5.69 Å². The van der Waals surface area contributed by atoms with E-state index in [1.807, 2.05) is 17.5 Å². The first kappa shape index (κ1) is 21.8. The molecule has 1 fully saturated rings. The van der Waals surface area contributed by atoms with E-state index >= 15 is 0 Å². The normalized spacial score (nSPS) is 18.5. The predicted octanol–water partition coefficient (Wildman–Crippen LogP) is 5.71. The maximum absolute atomic E-state index is 13.8. The average Bonchev–Trinajstić information content (AvgIpc) is 3.44. The fourth-order valence-electron chi connectivity index (χ4n) is 4.12. The van der Waals surface area contributed by atoms with Gasteiger partial charge >= 0.3 is 6.18 Å². The topological polar surface area (TPSA) is 78.5 Å². The maximum atomic E-state index is 13.8. The molecule has 0 amide bonds. The molecule has 3 aromatic heterocycles. The number of thiazole rings is 1. The highest BCUT2D eigenvalue weighted by molar-refractivity contribution is 7.13. The van der Waals surface area contributed by atoms with Crippen LogP contribution < -0.4 is 10.6 Å². The molecule has 1 aliphatic heterocycles. The number of piperidine rings is 1. The highest BCUT2D eigenvalue weighted by Gasteiger charge is 2.36. The molecule has 4 aromatic rings. The minimum absolute atomic E-state index is 0.0475. The fraction of sp³-hybridized carbons (Fsp3) is 0.348. The van der Waals surface area contributed by atoms with Crippen LogP contribution in [0.3, 0.4) is 0 Å². The van der Waals surface area contributed by atoms with Gasteiger partial charge in [0.2, 0.25) is 5.95 Å². The van der Waals surface area contributed by atoms with Gasteiger partial charge in [-0.3, -0.25) is 0 Å². The Morgan fingerprint density at radius 1 is 1.21 bits per heavy atom. The van der Waals surface area contributed by atoms with Crippen molar-refractivity contribution in [2.45, 2.75) is 44.4 Å². The zero-order valence-electron chi connectivity index (χ0n) is 18.1. The molecule has 0 radical (unpaired) electrons. The zero-order chi connectivity index (χ0) is 23.2. The van der Waals surface area contributed by atoms with E-state index in [4.69, 9.17) is 0 Å². The Balaban J connectivity index is 1.52. The Morgan fingerprint density at radius 3 is 2.76 bits per heavy atom. The Labute approximate surface area is 192 Å². The van der Waals surface area contributed by atoms with E-state index in [9.17, 15) is 13.2 Å². The van der Waals surface area contributed by atoms with Crippen LogP contribution in [0.2, 0.25) is 0 Å². The molecule has 1 atom stereocenters. The molecule has 33 heavy (non-hydrogen) atoms. The molecule has 1 aliphatic rings. The third-order valence-corrected chi connectivity index (χ3v) is 6.81. The number of alkyl halides is 3. The lowest BCUT2D eigenvalue weighted by Gasteiger charge is -2.36. The molecule has 6 nitrogen and oxygen atoms in total. The van der Waals surface area contributed by atoms with Gasteiger partial charge in [0.15, 0.2) is 0 Å². The number of hydrogen-bond acceptors (Lipinski definition) is 6. The number of rotatable bonds is 4. The van der Waals surface area contributed by atoms with Gasteiger partial charge in [-0.05, 0) is 32.8 Å². The quantitative estimate of drug-likeness (QED) is 0.355. The average molecular weight is 473 g/mol. The molecule has 172 valence electrons. The van der Waals surface area contributed by atoms with Crippen LogP contribution in [0.1, 0.15) is 32.3 Å². The highest BCUT2D eigenvalue weighted by atomic mass is 32.1. The monoisotopic (exact) mass is 472 g/mol. The van der Waals surface area contributed by atoms with Crippen molar-refractivity contribution in [2.24, 2.45) is 0 Å². The number of anilines is 1. The van der Waals surface area contributed by atoms with Crippen molar-refractivity contribution in [3.8, 4) is 21.8 Å². The maximum Gasteiger partial charge on any atom is 0.419 e. The molecule has 10 heteroatoms. The van der Waals surface area contributed by atoms with E-state index in [0.29, 0.717) is 17.5 Å². The molecule has 0 saturated carbocycles. The minimum Gasteiger partial charge on any atom is -0.360 e. The number of benzene rings is 1. The Kier molecular flexibility index (Phi) is 5.37. The minimum atomic E-state index is -4.57. The summed E-state index contributed by atoms with van der Waals surface area (Å²) in [5.74, 6) is 0.193. The molecule has 0 aliphatic carbocycles. The zero-order valence-corrected chi connectivity index (χ0v) is 18.9. The highest BCUT2D eigenvalue weighted by Crippen LogP contribution is 2.39. The number of fused-ring (bicyclic) bond motifs is 1. The van der Waals surface area contributed by atoms with Crippen LogP contribution in [0.25, 0.3) is 32.7 Å². The van der Waals surface area contributed by atoms with Gasteiger partial charge in [0.1, 0.15) is 10.6 Å². The second kappa shape index (κ2) is 8.11. The van der Waals surface area contributed by atoms with E-state index in [1.165, 1.54) is 11.3 Å². The van der Waals surface area contributed by atoms with Crippen LogP contribution in [0, 0.1) is 0 Å². The van der Waals surface area contributed by atoms with Gasteiger partial charge in [-0.2, -0.15) is 13.2 Å². The first-order chi connectivity index (χ1) is 15.7. The summed E-state index contributed by atoms with van der Waals surface area (Å²) >= 11 is 1.50. The van der Waals surface area contributed by atoms with Crippen molar-refractivity contribution in [1.82, 2.24) is 25.3 Å². The second-order valence-corrected chi connectivity index (χ2v) is 9.79. The Bertz CT molecular complexity index is 1270. The van der Waals surface area contributed by atoms with E-state index < -0.39 is 11.7 Å². The first-order valence-electron chi connectivity index (χ1n) is 10.7. The van der Waals surface area contributed by atoms with E-state index in [1.54, 1.807) is 18.5 Å². The Morgan fingerprint density at radius 2 is 2.06 bits per heavy atom. The van der Waals surface area contributed by atoms with Crippen molar-refractivity contribution in [3.05, 3.63) is 47.7 Å². The summed E-state index contributed by atoms with van der Waals surface area (Å²) in [7, 11) is 0. The third-order valence-electron chi connectivity index (χ3n) is 5.99. The molecular weight excluding hydrogens is 449 g/mol. The number of nitrogens with one attached hydrogen (secondary N) is 3. The van der Waals surface area contributed by atoms with Gasteiger partial charge in [-0.1, -0.05) is 12.1 Å². The number of H-pyrrole nitrogens is 1. The van der Waals surface area contributed by atoms with Crippen LogP contribution in [0.4, 0.5) is 19.1 Å². The SMILES string of the molecule is CC1(C)CCC(Nc2ncc(C(F)(F)F)c(-c3c[nH]c4cc(-c5nccs5)ccc34)n2)CN1. The molecule has 0 bridgehead atoms. The van der Waals surface area contributed by atoms with Gasteiger partial charge in [-0.25, -0.2) is 15.0 Å². The van der Waals surface area contributed by atoms with Crippen LogP contribution in [0.5, 0.6) is 0 Å². The van der Waals surface area contributed by atoms with Gasteiger partial charge in [-0.15, -0.1) is 11.3 Å². The van der Waals surface area contributed by atoms with Crippen LogP contribution in [-0.2, 0) is 6.18 Å². The molecule has 4 heterocycles. The smallest absolute Gasteiger partial charge is 0.360 e. The van der Waals surface area contributed by atoms with E-state index in [0.717, 1.165) is 35.1 Å². The number of nitrogens with zero attached hydrogens (tertiary/aromatic N) is 3. The summed E-state index contributed by atoms with van der Waals surface area (Å²) in [5.41, 5.74) is 1.05. The molecule has 0 spiro atoms. The first-order valence-corrected chi connectivity index (χ1v) is 11.5. The fourth-order valence-corrected chi connectivity index (χ4v) is 4.75. The van der Waals surface area contributed by atoms with Crippen molar-refractivity contribution >= 4 is 28.2 Å². The number of halogens is 3. The summed E-state index contributed by atoms with van der Waals surface area (Å²) in [6.07, 6.45) is 1.41. The standard InChI is InChI=1S/C23H23F3N6S/c1-22(2)6-5-14(10-30-22)31-21-29-12-17(23(24,25)26)19(32-21)16-11-28-18-9-13(3-4-15(16)18)20-27-7-8-33-20/h3-4,7-9,11-12,14,28,30H,5-6,10H2,1-2H3,(H,29,31,32). The lowest BCUT2D eigenvalue weighted by Crippen LogP contribution is -2.50. The largest absolute Gasteiger partial charge is 0.419 e. The lowest BCUT2D eigenvalue weighted by atomic mass is 9.91. The van der Waals surface area contributed by atoms with Crippen molar-refractivity contribution < 1.29 is 13.2 Å². The molecule has 3 N–H and O–H groups in total. The van der Waals surface area contributed by atoms with Gasteiger partial charge in [0.25, 0.3) is 0 Å². The van der Waals surface area contributed by atoms with Crippen molar-refractivity contribution in [3.63, 3.8) is 0 Å². The number of aromatic amines is 1. The van der Waals surface area contributed by atoms with Gasteiger partial charge < -0.3 is 15.6 Å². The number of hydrogen-bond donors (Lipinski definition) is 3. The van der Waals surface area contributed by atoms with Crippen molar-refractivity contribution in [1.29, 1.82) is 0 Å². The van der Waals surface area contributed by atoms with Crippen LogP contribution in [-0.4, -0.2) is 38.1 Å². The number of aromatic nitrogens is 4. The van der Waals surface area contributed by atoms with E-state index in [-0.39, 0.29) is 23.2 Å². The molecule has 1 saturated heterocycles. The van der Waals surface area contributed by atoms with Crippen LogP contribution >= 0.6 is 11.3 Å².